The van der Waals surface area contributed by atoms with Crippen LogP contribution in [0.4, 0.5) is 0 Å². The molecule has 0 bridgehead atoms. The fourth-order valence-corrected chi connectivity index (χ4v) is 0.914. The minimum absolute atomic E-state index is 0.282. The fourth-order valence-electron chi connectivity index (χ4n) is 0.914. The lowest BCUT2D eigenvalue weighted by Crippen LogP contribution is -2.15. The Morgan fingerprint density at radius 1 is 1.33 bits per heavy atom. The quantitative estimate of drug-likeness (QED) is 0.592. The summed E-state index contributed by atoms with van der Waals surface area (Å²) in [4.78, 5) is 0. The van der Waals surface area contributed by atoms with Crippen LogP contribution in [0, 0.1) is 0 Å². The Morgan fingerprint density at radius 3 is 2.50 bits per heavy atom. The molecular formula is C9H20O3. The molecule has 74 valence electrons. The third-order valence-corrected chi connectivity index (χ3v) is 1.49. The van der Waals surface area contributed by atoms with Gasteiger partial charge in [-0.3, -0.25) is 0 Å². The lowest BCUT2D eigenvalue weighted by atomic mass is 10.2. The average Bonchev–Trinajstić information content (AvgIpc) is 1.98. The van der Waals surface area contributed by atoms with E-state index in [0.717, 1.165) is 19.4 Å². The highest BCUT2D eigenvalue weighted by molar-refractivity contribution is 4.53. The number of aliphatic hydroxyl groups excluding tert-OH is 1. The van der Waals surface area contributed by atoms with E-state index in [1.807, 2.05) is 13.8 Å². The third-order valence-electron chi connectivity index (χ3n) is 1.49. The fraction of sp³-hybridized carbons (Fsp3) is 1.00. The summed E-state index contributed by atoms with van der Waals surface area (Å²) >= 11 is 0. The van der Waals surface area contributed by atoms with Gasteiger partial charge in [-0.25, -0.2) is 0 Å². The molecule has 0 rings (SSSR count). The van der Waals surface area contributed by atoms with Gasteiger partial charge in [-0.15, -0.1) is 0 Å². The third kappa shape index (κ3) is 7.98. The molecule has 0 aliphatic heterocycles. The smallest absolute Gasteiger partial charge is 0.0774 e. The molecule has 0 saturated heterocycles. The van der Waals surface area contributed by atoms with E-state index < -0.39 is 0 Å². The highest BCUT2D eigenvalue weighted by Crippen LogP contribution is 1.99. The van der Waals surface area contributed by atoms with Crippen LogP contribution in [0.25, 0.3) is 0 Å². The van der Waals surface area contributed by atoms with Gasteiger partial charge in [-0.1, -0.05) is 0 Å². The van der Waals surface area contributed by atoms with Gasteiger partial charge in [0.1, 0.15) is 0 Å². The molecule has 0 aromatic carbocycles. The zero-order valence-corrected chi connectivity index (χ0v) is 8.25. The Hall–Kier alpha value is -0.120. The number of aliphatic hydroxyl groups is 1. The highest BCUT2D eigenvalue weighted by atomic mass is 16.5. The van der Waals surface area contributed by atoms with Crippen LogP contribution in [0.3, 0.4) is 0 Å². The predicted molar refractivity (Wildman–Crippen MR) is 48.2 cm³/mol. The number of methoxy groups -OCH3 is 1. The molecule has 1 unspecified atom stereocenters. The van der Waals surface area contributed by atoms with E-state index in [1.165, 1.54) is 0 Å². The maximum atomic E-state index is 9.23. The topological polar surface area (TPSA) is 38.7 Å². The Morgan fingerprint density at radius 2 is 2.00 bits per heavy atom. The van der Waals surface area contributed by atoms with Gasteiger partial charge >= 0.3 is 0 Å². The van der Waals surface area contributed by atoms with Crippen LogP contribution >= 0.6 is 0 Å². The Bertz CT molecular complexity index is 93.8. The van der Waals surface area contributed by atoms with Crippen molar-refractivity contribution in [3.63, 3.8) is 0 Å². The molecule has 0 radical (unpaired) electrons. The minimum atomic E-state index is -0.342. The normalized spacial score (nSPS) is 13.8. The predicted octanol–water partition coefficient (Wildman–Crippen LogP) is 1.20. The second kappa shape index (κ2) is 7.53. The van der Waals surface area contributed by atoms with Gasteiger partial charge in [0.25, 0.3) is 0 Å². The number of hydrogen-bond donors (Lipinski definition) is 1. The SMILES string of the molecule is COCC(O)CCCOC(C)C. The first-order chi connectivity index (χ1) is 5.66. The van der Waals surface area contributed by atoms with Gasteiger partial charge in [-0.05, 0) is 26.7 Å². The van der Waals surface area contributed by atoms with Crippen molar-refractivity contribution in [2.45, 2.75) is 38.9 Å². The van der Waals surface area contributed by atoms with Crippen molar-refractivity contribution >= 4 is 0 Å². The van der Waals surface area contributed by atoms with Crippen LogP contribution in [-0.4, -0.2) is 37.6 Å². The summed E-state index contributed by atoms with van der Waals surface area (Å²) in [7, 11) is 1.59. The summed E-state index contributed by atoms with van der Waals surface area (Å²) in [5.41, 5.74) is 0. The first-order valence-electron chi connectivity index (χ1n) is 4.45. The van der Waals surface area contributed by atoms with E-state index in [-0.39, 0.29) is 12.2 Å². The van der Waals surface area contributed by atoms with Crippen LogP contribution in [0.15, 0.2) is 0 Å². The largest absolute Gasteiger partial charge is 0.391 e. The first-order valence-corrected chi connectivity index (χ1v) is 4.45. The molecule has 1 N–H and O–H groups in total. The van der Waals surface area contributed by atoms with E-state index in [0.29, 0.717) is 6.61 Å². The molecule has 0 heterocycles. The van der Waals surface area contributed by atoms with Gasteiger partial charge < -0.3 is 14.6 Å². The first kappa shape index (κ1) is 11.9. The summed E-state index contributed by atoms with van der Waals surface area (Å²) in [6.07, 6.45) is 1.58. The zero-order valence-electron chi connectivity index (χ0n) is 8.25. The Balaban J connectivity index is 3.08. The lowest BCUT2D eigenvalue weighted by molar-refractivity contribution is 0.0381. The van der Waals surface area contributed by atoms with Crippen LogP contribution in [-0.2, 0) is 9.47 Å². The Kier molecular flexibility index (Phi) is 7.45. The molecule has 0 spiro atoms. The van der Waals surface area contributed by atoms with Crippen molar-refractivity contribution in [3.8, 4) is 0 Å². The number of hydrogen-bond acceptors (Lipinski definition) is 3. The second-order valence-electron chi connectivity index (χ2n) is 3.17. The van der Waals surface area contributed by atoms with Gasteiger partial charge in [0, 0.05) is 13.7 Å². The molecule has 0 saturated carbocycles. The van der Waals surface area contributed by atoms with Crippen LogP contribution in [0.1, 0.15) is 26.7 Å². The molecule has 3 nitrogen and oxygen atoms in total. The lowest BCUT2D eigenvalue weighted by Gasteiger charge is -2.10. The van der Waals surface area contributed by atoms with Gasteiger partial charge in [0.2, 0.25) is 0 Å². The van der Waals surface area contributed by atoms with Crippen LogP contribution in [0.2, 0.25) is 0 Å². The van der Waals surface area contributed by atoms with E-state index in [9.17, 15) is 5.11 Å². The summed E-state index contributed by atoms with van der Waals surface area (Å²) in [5, 5.41) is 9.23. The van der Waals surface area contributed by atoms with Crippen molar-refractivity contribution in [2.24, 2.45) is 0 Å². The molecule has 3 heteroatoms. The van der Waals surface area contributed by atoms with Gasteiger partial charge in [-0.2, -0.15) is 0 Å². The molecule has 0 aliphatic rings. The second-order valence-corrected chi connectivity index (χ2v) is 3.17. The Labute approximate surface area is 74.7 Å². The standard InChI is InChI=1S/C9H20O3/c1-8(2)12-6-4-5-9(10)7-11-3/h8-10H,4-7H2,1-3H3. The molecule has 0 aromatic rings. The maximum Gasteiger partial charge on any atom is 0.0774 e. The maximum absolute atomic E-state index is 9.23. The van der Waals surface area contributed by atoms with Gasteiger partial charge in [0.15, 0.2) is 0 Å². The summed E-state index contributed by atoms with van der Waals surface area (Å²) < 4.78 is 10.1. The van der Waals surface area contributed by atoms with E-state index >= 15 is 0 Å². The molecule has 0 fully saturated rings. The average molecular weight is 176 g/mol. The number of ether oxygens (including phenoxy) is 2. The van der Waals surface area contributed by atoms with Crippen LogP contribution in [0.5, 0.6) is 0 Å². The van der Waals surface area contributed by atoms with Crippen molar-refractivity contribution in [1.82, 2.24) is 0 Å². The highest BCUT2D eigenvalue weighted by Gasteiger charge is 2.02. The summed E-state index contributed by atoms with van der Waals surface area (Å²) in [6, 6.07) is 0. The van der Waals surface area contributed by atoms with E-state index in [4.69, 9.17) is 9.47 Å². The van der Waals surface area contributed by atoms with Crippen molar-refractivity contribution in [3.05, 3.63) is 0 Å². The molecule has 0 amide bonds. The van der Waals surface area contributed by atoms with Gasteiger partial charge in [0.05, 0.1) is 18.8 Å². The van der Waals surface area contributed by atoms with Crippen molar-refractivity contribution < 1.29 is 14.6 Å². The zero-order chi connectivity index (χ0) is 9.40. The molecule has 0 aromatic heterocycles. The van der Waals surface area contributed by atoms with E-state index in [1.54, 1.807) is 7.11 Å². The van der Waals surface area contributed by atoms with Crippen LogP contribution < -0.4 is 0 Å². The number of rotatable bonds is 7. The van der Waals surface area contributed by atoms with E-state index in [2.05, 4.69) is 0 Å². The molecule has 12 heavy (non-hydrogen) atoms. The summed E-state index contributed by atoms with van der Waals surface area (Å²) in [5.74, 6) is 0. The molecular weight excluding hydrogens is 156 g/mol. The van der Waals surface area contributed by atoms with Crippen molar-refractivity contribution in [1.29, 1.82) is 0 Å². The minimum Gasteiger partial charge on any atom is -0.391 e. The summed E-state index contributed by atoms with van der Waals surface area (Å²) in [6.45, 7) is 5.15. The molecule has 1 atom stereocenters. The van der Waals surface area contributed by atoms with Crippen molar-refractivity contribution in [2.75, 3.05) is 20.3 Å². The molecule has 0 aliphatic carbocycles. The monoisotopic (exact) mass is 176 g/mol.